The number of rotatable bonds is 3. The molecule has 82 valence electrons. The molecule has 1 atom stereocenters. The maximum atomic E-state index is 11.8. The summed E-state index contributed by atoms with van der Waals surface area (Å²) in [4.78, 5) is 13.6. The average molecular weight is 227 g/mol. The van der Waals surface area contributed by atoms with E-state index < -0.39 is 0 Å². The fraction of sp³-hybridized carbons (Fsp3) is 0.667. The number of likely N-dealkylation sites (tertiary alicyclic amines) is 1. The van der Waals surface area contributed by atoms with Crippen molar-refractivity contribution >= 4 is 17.6 Å². The zero-order valence-corrected chi connectivity index (χ0v) is 9.11. The van der Waals surface area contributed by atoms with E-state index in [1.165, 1.54) is 6.20 Å². The minimum Gasteiger partial charge on any atom is -0.396 e. The number of nitrogens with zero attached hydrogens (tertiary/aromatic N) is 3. The molecule has 1 amide bonds. The standard InChI is InChI=1S/C9H13N3O2S/c13-4-2-7-1-3-12(6-7)9(14)8-5-10-15-11-8/h5,7,13H,1-4,6H2. The second-order valence-electron chi connectivity index (χ2n) is 3.71. The highest BCUT2D eigenvalue weighted by Gasteiger charge is 2.27. The van der Waals surface area contributed by atoms with Gasteiger partial charge in [0.15, 0.2) is 5.69 Å². The van der Waals surface area contributed by atoms with Crippen LogP contribution >= 0.6 is 11.7 Å². The van der Waals surface area contributed by atoms with Gasteiger partial charge in [-0.3, -0.25) is 4.79 Å². The van der Waals surface area contributed by atoms with Crippen molar-refractivity contribution in [2.75, 3.05) is 19.7 Å². The number of hydrogen-bond acceptors (Lipinski definition) is 5. The predicted molar refractivity (Wildman–Crippen MR) is 55.6 cm³/mol. The summed E-state index contributed by atoms with van der Waals surface area (Å²) in [6, 6.07) is 0. The molecule has 1 aromatic heterocycles. The van der Waals surface area contributed by atoms with E-state index in [1.807, 2.05) is 0 Å². The summed E-state index contributed by atoms with van der Waals surface area (Å²) < 4.78 is 7.73. The van der Waals surface area contributed by atoms with Gasteiger partial charge in [-0.1, -0.05) is 0 Å². The molecule has 0 aromatic carbocycles. The molecule has 5 nitrogen and oxygen atoms in total. The van der Waals surface area contributed by atoms with Crippen LogP contribution in [0.15, 0.2) is 6.20 Å². The summed E-state index contributed by atoms with van der Waals surface area (Å²) in [6.45, 7) is 1.70. The minimum atomic E-state index is -0.0378. The highest BCUT2D eigenvalue weighted by molar-refractivity contribution is 6.99. The Hall–Kier alpha value is -1.01. The Labute approximate surface area is 92.1 Å². The van der Waals surface area contributed by atoms with Gasteiger partial charge in [0.05, 0.1) is 17.9 Å². The van der Waals surface area contributed by atoms with E-state index in [4.69, 9.17) is 5.11 Å². The molecule has 15 heavy (non-hydrogen) atoms. The van der Waals surface area contributed by atoms with Crippen LogP contribution < -0.4 is 0 Å². The maximum absolute atomic E-state index is 11.8. The molecule has 1 N–H and O–H groups in total. The number of carbonyl (C=O) groups excluding carboxylic acids is 1. The normalized spacial score (nSPS) is 20.9. The van der Waals surface area contributed by atoms with E-state index in [2.05, 4.69) is 8.75 Å². The highest BCUT2D eigenvalue weighted by Crippen LogP contribution is 2.20. The smallest absolute Gasteiger partial charge is 0.275 e. The van der Waals surface area contributed by atoms with E-state index in [1.54, 1.807) is 4.90 Å². The highest BCUT2D eigenvalue weighted by atomic mass is 32.1. The number of hydrogen-bond donors (Lipinski definition) is 1. The fourth-order valence-corrected chi connectivity index (χ4v) is 2.26. The van der Waals surface area contributed by atoms with Crippen molar-refractivity contribution in [3.8, 4) is 0 Å². The van der Waals surface area contributed by atoms with Crippen LogP contribution in [0.25, 0.3) is 0 Å². The van der Waals surface area contributed by atoms with Gasteiger partial charge in [0.25, 0.3) is 5.91 Å². The van der Waals surface area contributed by atoms with E-state index in [0.29, 0.717) is 11.6 Å². The third-order valence-electron chi connectivity index (χ3n) is 2.69. The Morgan fingerprint density at radius 1 is 1.73 bits per heavy atom. The molecule has 0 saturated carbocycles. The summed E-state index contributed by atoms with van der Waals surface area (Å²) in [6.07, 6.45) is 3.26. The molecule has 2 heterocycles. The molecule has 1 aromatic rings. The van der Waals surface area contributed by atoms with Crippen LogP contribution in [0.5, 0.6) is 0 Å². The number of aliphatic hydroxyl groups is 1. The van der Waals surface area contributed by atoms with Crippen LogP contribution in [0.4, 0.5) is 0 Å². The van der Waals surface area contributed by atoms with Crippen molar-refractivity contribution in [3.63, 3.8) is 0 Å². The first-order chi connectivity index (χ1) is 7.31. The Balaban J connectivity index is 1.93. The minimum absolute atomic E-state index is 0.0378. The molecule has 0 spiro atoms. The molecule has 0 aliphatic carbocycles. The van der Waals surface area contributed by atoms with Crippen LogP contribution in [0.1, 0.15) is 23.3 Å². The lowest BCUT2D eigenvalue weighted by molar-refractivity contribution is 0.0780. The average Bonchev–Trinajstić information content (AvgIpc) is 2.87. The number of amides is 1. The van der Waals surface area contributed by atoms with Gasteiger partial charge >= 0.3 is 0 Å². The second-order valence-corrected chi connectivity index (χ2v) is 4.27. The van der Waals surface area contributed by atoms with Crippen LogP contribution in [0.3, 0.4) is 0 Å². The molecule has 6 heteroatoms. The van der Waals surface area contributed by atoms with E-state index in [0.717, 1.165) is 37.7 Å². The van der Waals surface area contributed by atoms with Crippen LogP contribution in [-0.2, 0) is 0 Å². The van der Waals surface area contributed by atoms with Crippen molar-refractivity contribution in [3.05, 3.63) is 11.9 Å². The van der Waals surface area contributed by atoms with E-state index in [-0.39, 0.29) is 12.5 Å². The van der Waals surface area contributed by atoms with Crippen molar-refractivity contribution in [2.24, 2.45) is 5.92 Å². The third kappa shape index (κ3) is 2.32. The Morgan fingerprint density at radius 2 is 2.60 bits per heavy atom. The molecule has 1 fully saturated rings. The lowest BCUT2D eigenvalue weighted by Crippen LogP contribution is -2.29. The molecule has 0 bridgehead atoms. The molecule has 1 aliphatic rings. The molecule has 2 rings (SSSR count). The number of aromatic nitrogens is 2. The van der Waals surface area contributed by atoms with E-state index >= 15 is 0 Å². The number of aliphatic hydroxyl groups excluding tert-OH is 1. The van der Waals surface area contributed by atoms with Gasteiger partial charge in [-0.05, 0) is 18.8 Å². The van der Waals surface area contributed by atoms with Gasteiger partial charge < -0.3 is 10.0 Å². The lowest BCUT2D eigenvalue weighted by atomic mass is 10.1. The van der Waals surface area contributed by atoms with Gasteiger partial charge in [0.1, 0.15) is 0 Å². The maximum Gasteiger partial charge on any atom is 0.275 e. The summed E-state index contributed by atoms with van der Waals surface area (Å²) in [7, 11) is 0. The zero-order chi connectivity index (χ0) is 10.7. The molecule has 1 unspecified atom stereocenters. The predicted octanol–water partition coefficient (Wildman–Crippen LogP) is 0.383. The zero-order valence-electron chi connectivity index (χ0n) is 8.30. The number of carbonyl (C=O) groups is 1. The Morgan fingerprint density at radius 3 is 3.27 bits per heavy atom. The van der Waals surface area contributed by atoms with Gasteiger partial charge in [0, 0.05) is 19.7 Å². The van der Waals surface area contributed by atoms with Crippen molar-refractivity contribution in [1.29, 1.82) is 0 Å². The van der Waals surface area contributed by atoms with Crippen LogP contribution in [-0.4, -0.2) is 44.4 Å². The molecule has 0 radical (unpaired) electrons. The monoisotopic (exact) mass is 227 g/mol. The lowest BCUT2D eigenvalue weighted by Gasteiger charge is -2.14. The summed E-state index contributed by atoms with van der Waals surface area (Å²) in [5.74, 6) is 0.398. The summed E-state index contributed by atoms with van der Waals surface area (Å²) in [5, 5.41) is 8.81. The summed E-state index contributed by atoms with van der Waals surface area (Å²) in [5.41, 5.74) is 0.435. The van der Waals surface area contributed by atoms with Crippen LogP contribution in [0.2, 0.25) is 0 Å². The second kappa shape index (κ2) is 4.67. The third-order valence-corrected chi connectivity index (χ3v) is 3.17. The fourth-order valence-electron chi connectivity index (χ4n) is 1.86. The first-order valence-corrected chi connectivity index (χ1v) is 5.72. The largest absolute Gasteiger partial charge is 0.396 e. The van der Waals surface area contributed by atoms with Crippen molar-refractivity contribution in [2.45, 2.75) is 12.8 Å². The van der Waals surface area contributed by atoms with Gasteiger partial charge in [-0.25, -0.2) is 0 Å². The summed E-state index contributed by atoms with van der Waals surface area (Å²) >= 11 is 1.05. The molecular formula is C9H13N3O2S. The topological polar surface area (TPSA) is 66.3 Å². The van der Waals surface area contributed by atoms with Crippen molar-refractivity contribution < 1.29 is 9.90 Å². The molecule has 1 aliphatic heterocycles. The van der Waals surface area contributed by atoms with Gasteiger partial charge in [-0.2, -0.15) is 8.75 Å². The first-order valence-electron chi connectivity index (χ1n) is 4.99. The van der Waals surface area contributed by atoms with Gasteiger partial charge in [-0.15, -0.1) is 0 Å². The quantitative estimate of drug-likeness (QED) is 0.810. The van der Waals surface area contributed by atoms with E-state index in [9.17, 15) is 4.79 Å². The Bertz CT molecular complexity index is 328. The van der Waals surface area contributed by atoms with Gasteiger partial charge in [0.2, 0.25) is 0 Å². The molecule has 1 saturated heterocycles. The SMILES string of the molecule is O=C(c1cnsn1)N1CCC(CCO)C1. The van der Waals surface area contributed by atoms with Crippen molar-refractivity contribution in [1.82, 2.24) is 13.6 Å². The molecular weight excluding hydrogens is 214 g/mol. The Kier molecular flexibility index (Phi) is 3.27. The first kappa shape index (κ1) is 10.5. The van der Waals surface area contributed by atoms with Crippen LogP contribution in [0, 0.1) is 5.92 Å².